The molecular formula is C9H8BrN3O3. The third kappa shape index (κ3) is 1.99. The van der Waals surface area contributed by atoms with Gasteiger partial charge in [0, 0.05) is 0 Å². The van der Waals surface area contributed by atoms with Crippen LogP contribution in [0.15, 0.2) is 21.4 Å². The second-order valence-electron chi connectivity index (χ2n) is 2.84. The van der Waals surface area contributed by atoms with Crippen LogP contribution in [0.4, 0.5) is 0 Å². The van der Waals surface area contributed by atoms with E-state index >= 15 is 0 Å². The van der Waals surface area contributed by atoms with E-state index in [1.807, 2.05) is 0 Å². The number of halogens is 1. The molecule has 2 heterocycles. The molecule has 2 rings (SSSR count). The van der Waals surface area contributed by atoms with Gasteiger partial charge in [0.15, 0.2) is 10.5 Å². The Bertz CT molecular complexity index is 506. The number of H-pyrrole nitrogens is 1. The van der Waals surface area contributed by atoms with Gasteiger partial charge >= 0.3 is 5.97 Å². The third-order valence-corrected chi connectivity index (χ3v) is 2.43. The van der Waals surface area contributed by atoms with Crippen LogP contribution in [0, 0.1) is 0 Å². The van der Waals surface area contributed by atoms with E-state index in [9.17, 15) is 4.79 Å². The minimum atomic E-state index is -0.527. The molecule has 0 aliphatic carbocycles. The normalized spacial score (nSPS) is 10.4. The zero-order valence-corrected chi connectivity index (χ0v) is 9.94. The van der Waals surface area contributed by atoms with Crippen molar-refractivity contribution in [3.63, 3.8) is 0 Å². The number of esters is 1. The van der Waals surface area contributed by atoms with Crippen LogP contribution >= 0.6 is 15.9 Å². The first kappa shape index (κ1) is 10.9. The van der Waals surface area contributed by atoms with Gasteiger partial charge in [-0.2, -0.15) is 5.10 Å². The summed E-state index contributed by atoms with van der Waals surface area (Å²) in [5.41, 5.74) is 0.673. The van der Waals surface area contributed by atoms with Crippen molar-refractivity contribution in [1.82, 2.24) is 15.2 Å². The molecule has 0 amide bonds. The number of carbonyl (C=O) groups is 1. The molecule has 0 spiro atoms. The summed E-state index contributed by atoms with van der Waals surface area (Å²) in [4.78, 5) is 15.3. The van der Waals surface area contributed by atoms with Gasteiger partial charge in [-0.25, -0.2) is 9.78 Å². The maximum absolute atomic E-state index is 11.3. The highest BCUT2D eigenvalue weighted by molar-refractivity contribution is 9.10. The van der Waals surface area contributed by atoms with Crippen LogP contribution in [0.2, 0.25) is 0 Å². The van der Waals surface area contributed by atoms with Gasteiger partial charge in [-0.05, 0) is 28.9 Å². The van der Waals surface area contributed by atoms with Crippen molar-refractivity contribution in [2.75, 3.05) is 6.61 Å². The van der Waals surface area contributed by atoms with Gasteiger partial charge < -0.3 is 9.15 Å². The first-order valence-corrected chi connectivity index (χ1v) is 5.34. The Morgan fingerprint density at radius 2 is 2.50 bits per heavy atom. The SMILES string of the molecule is CCOC(=O)c1nc(-c2ccoc2Br)n[nH]1. The highest BCUT2D eigenvalue weighted by atomic mass is 79.9. The molecule has 84 valence electrons. The summed E-state index contributed by atoms with van der Waals surface area (Å²) in [5.74, 6) is -0.0745. The highest BCUT2D eigenvalue weighted by Gasteiger charge is 2.16. The largest absolute Gasteiger partial charge is 0.460 e. The molecule has 0 saturated carbocycles. The molecule has 0 radical (unpaired) electrons. The summed E-state index contributed by atoms with van der Waals surface area (Å²) in [5, 5.41) is 6.40. The van der Waals surface area contributed by atoms with Crippen molar-refractivity contribution in [1.29, 1.82) is 0 Å². The number of nitrogens with one attached hydrogen (secondary N) is 1. The van der Waals surface area contributed by atoms with E-state index in [2.05, 4.69) is 31.1 Å². The first-order chi connectivity index (χ1) is 7.72. The average Bonchev–Trinajstić information content (AvgIpc) is 2.86. The molecule has 0 fully saturated rings. The molecule has 0 saturated heterocycles. The van der Waals surface area contributed by atoms with E-state index in [4.69, 9.17) is 9.15 Å². The topological polar surface area (TPSA) is 81.0 Å². The second-order valence-corrected chi connectivity index (χ2v) is 3.56. The van der Waals surface area contributed by atoms with Gasteiger partial charge in [-0.3, -0.25) is 5.10 Å². The number of aromatic amines is 1. The molecular weight excluding hydrogens is 278 g/mol. The predicted molar refractivity (Wildman–Crippen MR) is 57.7 cm³/mol. The van der Waals surface area contributed by atoms with Crippen molar-refractivity contribution < 1.29 is 13.9 Å². The maximum Gasteiger partial charge on any atom is 0.375 e. The molecule has 2 aromatic heterocycles. The lowest BCUT2D eigenvalue weighted by Gasteiger charge is -1.94. The Balaban J connectivity index is 2.26. The zero-order chi connectivity index (χ0) is 11.5. The summed E-state index contributed by atoms with van der Waals surface area (Å²) >= 11 is 3.20. The minimum Gasteiger partial charge on any atom is -0.460 e. The van der Waals surface area contributed by atoms with Gasteiger partial charge in [-0.1, -0.05) is 0 Å². The van der Waals surface area contributed by atoms with Crippen molar-refractivity contribution >= 4 is 21.9 Å². The van der Waals surface area contributed by atoms with Crippen LogP contribution in [0.25, 0.3) is 11.4 Å². The number of furan rings is 1. The first-order valence-electron chi connectivity index (χ1n) is 4.55. The summed E-state index contributed by atoms with van der Waals surface area (Å²) < 4.78 is 10.3. The number of hydrogen-bond donors (Lipinski definition) is 1. The minimum absolute atomic E-state index is 0.0740. The highest BCUT2D eigenvalue weighted by Crippen LogP contribution is 2.26. The second kappa shape index (κ2) is 4.48. The van der Waals surface area contributed by atoms with E-state index in [1.165, 1.54) is 6.26 Å². The van der Waals surface area contributed by atoms with Crippen molar-refractivity contribution in [2.45, 2.75) is 6.92 Å². The van der Waals surface area contributed by atoms with Gasteiger partial charge in [0.25, 0.3) is 0 Å². The van der Waals surface area contributed by atoms with Crippen molar-refractivity contribution in [2.24, 2.45) is 0 Å². The van der Waals surface area contributed by atoms with Gasteiger partial charge in [-0.15, -0.1) is 0 Å². The number of nitrogens with zero attached hydrogens (tertiary/aromatic N) is 2. The van der Waals surface area contributed by atoms with Gasteiger partial charge in [0.05, 0.1) is 18.4 Å². The fourth-order valence-electron chi connectivity index (χ4n) is 1.13. The number of carbonyl (C=O) groups excluding carboxylic acids is 1. The molecule has 7 heteroatoms. The van der Waals surface area contributed by atoms with Crippen LogP contribution in [0.1, 0.15) is 17.5 Å². The third-order valence-electron chi connectivity index (χ3n) is 1.81. The van der Waals surface area contributed by atoms with E-state index < -0.39 is 5.97 Å². The van der Waals surface area contributed by atoms with E-state index in [-0.39, 0.29) is 5.82 Å². The fraction of sp³-hybridized carbons (Fsp3) is 0.222. The summed E-state index contributed by atoms with van der Waals surface area (Å²) in [6.07, 6.45) is 1.50. The Kier molecular flexibility index (Phi) is 3.04. The molecule has 0 atom stereocenters. The fourth-order valence-corrected chi connectivity index (χ4v) is 1.54. The van der Waals surface area contributed by atoms with Crippen LogP contribution < -0.4 is 0 Å². The quantitative estimate of drug-likeness (QED) is 0.873. The molecule has 6 nitrogen and oxygen atoms in total. The van der Waals surface area contributed by atoms with Crippen LogP contribution in [-0.4, -0.2) is 27.8 Å². The lowest BCUT2D eigenvalue weighted by atomic mass is 10.3. The zero-order valence-electron chi connectivity index (χ0n) is 8.36. The van der Waals surface area contributed by atoms with E-state index in [0.29, 0.717) is 22.7 Å². The van der Waals surface area contributed by atoms with Gasteiger partial charge in [0.1, 0.15) is 0 Å². The standard InChI is InChI=1S/C9H8BrN3O3/c1-2-15-9(14)8-11-7(12-13-8)5-3-4-16-6(5)10/h3-4H,2H2,1H3,(H,11,12,13). The molecule has 0 unspecified atom stereocenters. The Morgan fingerprint density at radius 3 is 3.12 bits per heavy atom. The number of rotatable bonds is 3. The van der Waals surface area contributed by atoms with Crippen molar-refractivity contribution in [3.05, 3.63) is 22.8 Å². The molecule has 0 aromatic carbocycles. The monoisotopic (exact) mass is 285 g/mol. The van der Waals surface area contributed by atoms with Crippen LogP contribution in [-0.2, 0) is 4.74 Å². The molecule has 0 bridgehead atoms. The van der Waals surface area contributed by atoms with Crippen molar-refractivity contribution in [3.8, 4) is 11.4 Å². The number of ether oxygens (including phenoxy) is 1. The van der Waals surface area contributed by atoms with Crippen LogP contribution in [0.3, 0.4) is 0 Å². The lowest BCUT2D eigenvalue weighted by Crippen LogP contribution is -2.06. The Morgan fingerprint density at radius 1 is 1.69 bits per heavy atom. The summed E-state index contributed by atoms with van der Waals surface area (Å²) in [7, 11) is 0. The summed E-state index contributed by atoms with van der Waals surface area (Å²) in [6.45, 7) is 2.02. The molecule has 0 aliphatic heterocycles. The Labute approximate surface area is 99.1 Å². The lowest BCUT2D eigenvalue weighted by molar-refractivity contribution is 0.0512. The molecule has 1 N–H and O–H groups in total. The number of hydrogen-bond acceptors (Lipinski definition) is 5. The molecule has 0 aliphatic rings. The predicted octanol–water partition coefficient (Wildman–Crippen LogP) is 2.00. The van der Waals surface area contributed by atoms with E-state index in [1.54, 1.807) is 13.0 Å². The smallest absolute Gasteiger partial charge is 0.375 e. The summed E-state index contributed by atoms with van der Waals surface area (Å²) in [6, 6.07) is 1.70. The van der Waals surface area contributed by atoms with E-state index in [0.717, 1.165) is 0 Å². The van der Waals surface area contributed by atoms with Gasteiger partial charge in [0.2, 0.25) is 5.82 Å². The Hall–Kier alpha value is -1.63. The maximum atomic E-state index is 11.3. The molecule has 2 aromatic rings. The average molecular weight is 286 g/mol. The molecule has 16 heavy (non-hydrogen) atoms. The number of aromatic nitrogens is 3. The van der Waals surface area contributed by atoms with Crippen LogP contribution in [0.5, 0.6) is 0 Å².